The number of amides is 2. The number of nitrogens with zero attached hydrogens (tertiary/aromatic N) is 1. The summed E-state index contributed by atoms with van der Waals surface area (Å²) in [6.07, 6.45) is 0.459. The molecule has 7 nitrogen and oxygen atoms in total. The van der Waals surface area contributed by atoms with Crippen LogP contribution in [-0.2, 0) is 4.74 Å². The molecule has 0 spiro atoms. The van der Waals surface area contributed by atoms with Crippen molar-refractivity contribution in [1.82, 2.24) is 15.5 Å². The van der Waals surface area contributed by atoms with Crippen LogP contribution in [0.5, 0.6) is 11.5 Å². The molecule has 7 heteroatoms. The number of urea groups is 1. The van der Waals surface area contributed by atoms with Crippen molar-refractivity contribution in [3.05, 3.63) is 23.8 Å². The molecule has 0 radical (unpaired) electrons. The number of benzene rings is 1. The van der Waals surface area contributed by atoms with Gasteiger partial charge in [0.25, 0.3) is 0 Å². The van der Waals surface area contributed by atoms with Gasteiger partial charge in [0, 0.05) is 31.7 Å². The lowest BCUT2D eigenvalue weighted by Gasteiger charge is -2.35. The molecule has 2 amide bonds. The second-order valence-electron chi connectivity index (χ2n) is 6.75. The molecule has 3 atom stereocenters. The van der Waals surface area contributed by atoms with Gasteiger partial charge >= 0.3 is 6.03 Å². The molecule has 1 aliphatic heterocycles. The Morgan fingerprint density at radius 2 is 1.96 bits per heavy atom. The monoisotopic (exact) mass is 365 g/mol. The largest absolute Gasteiger partial charge is 0.497 e. The number of carbonyl (C=O) groups is 1. The molecule has 3 unspecified atom stereocenters. The van der Waals surface area contributed by atoms with Crippen molar-refractivity contribution >= 4 is 6.03 Å². The lowest BCUT2D eigenvalue weighted by atomic mass is 10.1. The Balaban J connectivity index is 1.82. The zero-order chi connectivity index (χ0) is 19.1. The second kappa shape index (κ2) is 9.64. The van der Waals surface area contributed by atoms with Gasteiger partial charge < -0.3 is 24.8 Å². The highest BCUT2D eigenvalue weighted by Crippen LogP contribution is 2.29. The van der Waals surface area contributed by atoms with Gasteiger partial charge in [-0.05, 0) is 39.0 Å². The fraction of sp³-hybridized carbons (Fsp3) is 0.632. The van der Waals surface area contributed by atoms with E-state index in [4.69, 9.17) is 14.2 Å². The van der Waals surface area contributed by atoms with Crippen LogP contribution in [0.2, 0.25) is 0 Å². The second-order valence-corrected chi connectivity index (χ2v) is 6.75. The predicted molar refractivity (Wildman–Crippen MR) is 101 cm³/mol. The normalized spacial score (nSPS) is 21.7. The minimum atomic E-state index is -0.205. The summed E-state index contributed by atoms with van der Waals surface area (Å²) >= 11 is 0. The van der Waals surface area contributed by atoms with E-state index >= 15 is 0 Å². The van der Waals surface area contributed by atoms with E-state index < -0.39 is 0 Å². The number of hydrogen-bond donors (Lipinski definition) is 2. The maximum absolute atomic E-state index is 12.2. The minimum Gasteiger partial charge on any atom is -0.497 e. The van der Waals surface area contributed by atoms with Gasteiger partial charge in [0.1, 0.15) is 11.5 Å². The lowest BCUT2D eigenvalue weighted by Crippen LogP contribution is -2.48. The van der Waals surface area contributed by atoms with Crippen molar-refractivity contribution in [2.24, 2.45) is 0 Å². The van der Waals surface area contributed by atoms with Crippen molar-refractivity contribution in [1.29, 1.82) is 0 Å². The van der Waals surface area contributed by atoms with Gasteiger partial charge in [-0.25, -0.2) is 4.79 Å². The molecule has 1 heterocycles. The maximum Gasteiger partial charge on any atom is 0.315 e. The molecule has 2 rings (SSSR count). The van der Waals surface area contributed by atoms with Crippen molar-refractivity contribution in [3.8, 4) is 11.5 Å². The van der Waals surface area contributed by atoms with E-state index in [0.717, 1.165) is 36.7 Å². The van der Waals surface area contributed by atoms with Crippen LogP contribution in [0.3, 0.4) is 0 Å². The first-order valence-corrected chi connectivity index (χ1v) is 9.07. The summed E-state index contributed by atoms with van der Waals surface area (Å²) < 4.78 is 16.4. The molecule has 0 saturated carbocycles. The third kappa shape index (κ3) is 5.78. The average Bonchev–Trinajstić information content (AvgIpc) is 2.60. The highest BCUT2D eigenvalue weighted by atomic mass is 16.5. The number of nitrogens with one attached hydrogen (secondary N) is 2. The molecule has 0 bridgehead atoms. The molecule has 1 aromatic rings. The van der Waals surface area contributed by atoms with Gasteiger partial charge in [0.2, 0.25) is 0 Å². The van der Waals surface area contributed by atoms with Crippen molar-refractivity contribution in [2.45, 2.75) is 39.0 Å². The fourth-order valence-electron chi connectivity index (χ4n) is 3.30. The molecule has 1 fully saturated rings. The first-order valence-electron chi connectivity index (χ1n) is 9.07. The van der Waals surface area contributed by atoms with Crippen LogP contribution in [-0.4, -0.2) is 63.5 Å². The lowest BCUT2D eigenvalue weighted by molar-refractivity contribution is -0.0672. The Morgan fingerprint density at radius 3 is 2.58 bits per heavy atom. The average molecular weight is 365 g/mol. The predicted octanol–water partition coefficient (Wildman–Crippen LogP) is 2.17. The Labute approximate surface area is 156 Å². The van der Waals surface area contributed by atoms with Gasteiger partial charge in [-0.2, -0.15) is 0 Å². The van der Waals surface area contributed by atoms with E-state index in [2.05, 4.69) is 29.4 Å². The molecule has 1 saturated heterocycles. The molecule has 2 N–H and O–H groups in total. The van der Waals surface area contributed by atoms with Crippen LogP contribution >= 0.6 is 0 Å². The van der Waals surface area contributed by atoms with Crippen molar-refractivity contribution in [2.75, 3.05) is 40.4 Å². The first-order chi connectivity index (χ1) is 12.4. The Kier molecular flexibility index (Phi) is 7.53. The number of hydrogen-bond acceptors (Lipinski definition) is 5. The summed E-state index contributed by atoms with van der Waals surface area (Å²) in [5.74, 6) is 1.44. The van der Waals surface area contributed by atoms with Gasteiger partial charge in [-0.15, -0.1) is 0 Å². The SMILES string of the molecule is COc1ccc(OC)c(C(C)NC(=O)NCCN2CC(C)OC(C)C2)c1. The maximum atomic E-state index is 12.2. The molecule has 146 valence electrons. The summed E-state index contributed by atoms with van der Waals surface area (Å²) in [7, 11) is 3.23. The summed E-state index contributed by atoms with van der Waals surface area (Å²) in [5.41, 5.74) is 0.873. The summed E-state index contributed by atoms with van der Waals surface area (Å²) in [6, 6.07) is 5.14. The van der Waals surface area contributed by atoms with Gasteiger partial charge in [0.05, 0.1) is 32.5 Å². The zero-order valence-corrected chi connectivity index (χ0v) is 16.4. The Hall–Kier alpha value is -1.99. The van der Waals surface area contributed by atoms with E-state index in [-0.39, 0.29) is 24.3 Å². The van der Waals surface area contributed by atoms with Crippen molar-refractivity contribution in [3.63, 3.8) is 0 Å². The van der Waals surface area contributed by atoms with Crippen LogP contribution < -0.4 is 20.1 Å². The van der Waals surface area contributed by atoms with E-state index in [1.54, 1.807) is 14.2 Å². The number of rotatable bonds is 7. The summed E-state index contributed by atoms with van der Waals surface area (Å²) in [4.78, 5) is 14.5. The third-order valence-corrected chi connectivity index (χ3v) is 4.46. The van der Waals surface area contributed by atoms with E-state index in [1.807, 2.05) is 25.1 Å². The molecule has 26 heavy (non-hydrogen) atoms. The topological polar surface area (TPSA) is 72.1 Å². The van der Waals surface area contributed by atoms with E-state index in [1.165, 1.54) is 0 Å². The Bertz CT molecular complexity index is 586. The van der Waals surface area contributed by atoms with Crippen LogP contribution in [0, 0.1) is 0 Å². The van der Waals surface area contributed by atoms with Crippen LogP contribution in [0.25, 0.3) is 0 Å². The molecule has 1 aromatic carbocycles. The fourth-order valence-corrected chi connectivity index (χ4v) is 3.30. The zero-order valence-electron chi connectivity index (χ0n) is 16.4. The standard InChI is InChI=1S/C19H31N3O4/c1-13-11-22(12-14(2)26-13)9-8-20-19(23)21-15(3)17-10-16(24-4)6-7-18(17)25-5/h6-7,10,13-15H,8-9,11-12H2,1-5H3,(H2,20,21,23). The molecular weight excluding hydrogens is 334 g/mol. The van der Waals surface area contributed by atoms with Crippen molar-refractivity contribution < 1.29 is 19.0 Å². The molecule has 0 aliphatic carbocycles. The highest BCUT2D eigenvalue weighted by molar-refractivity contribution is 5.74. The van der Waals surface area contributed by atoms with Crippen LogP contribution in [0.15, 0.2) is 18.2 Å². The summed E-state index contributed by atoms with van der Waals surface area (Å²) in [6.45, 7) is 9.26. The van der Waals surface area contributed by atoms with E-state index in [9.17, 15) is 4.79 Å². The highest BCUT2D eigenvalue weighted by Gasteiger charge is 2.22. The van der Waals surface area contributed by atoms with Gasteiger partial charge in [-0.3, -0.25) is 4.90 Å². The Morgan fingerprint density at radius 1 is 1.27 bits per heavy atom. The smallest absolute Gasteiger partial charge is 0.315 e. The van der Waals surface area contributed by atoms with Crippen LogP contribution in [0.1, 0.15) is 32.4 Å². The quantitative estimate of drug-likeness (QED) is 0.775. The molecule has 0 aromatic heterocycles. The summed E-state index contributed by atoms with van der Waals surface area (Å²) in [5, 5.41) is 5.87. The van der Waals surface area contributed by atoms with Gasteiger partial charge in [-0.1, -0.05) is 0 Å². The number of carbonyl (C=O) groups excluding carboxylic acids is 1. The van der Waals surface area contributed by atoms with E-state index in [0.29, 0.717) is 6.54 Å². The molecular formula is C19H31N3O4. The number of morpholine rings is 1. The number of ether oxygens (including phenoxy) is 3. The number of methoxy groups -OCH3 is 2. The van der Waals surface area contributed by atoms with Gasteiger partial charge in [0.15, 0.2) is 0 Å². The molecule has 1 aliphatic rings. The first kappa shape index (κ1) is 20.3. The third-order valence-electron chi connectivity index (χ3n) is 4.46. The minimum absolute atomic E-state index is 0.197. The van der Waals surface area contributed by atoms with Crippen LogP contribution in [0.4, 0.5) is 4.79 Å².